The van der Waals surface area contributed by atoms with E-state index < -0.39 is 0 Å². The molecule has 0 bridgehead atoms. The third-order valence-electron chi connectivity index (χ3n) is 3.27. The van der Waals surface area contributed by atoms with Crippen LogP contribution in [0.3, 0.4) is 0 Å². The minimum absolute atomic E-state index is 1.09. The molecule has 3 aromatic rings. The van der Waals surface area contributed by atoms with Crippen molar-refractivity contribution in [2.24, 2.45) is 0 Å². The van der Waals surface area contributed by atoms with Crippen LogP contribution < -0.4 is 0 Å². The molecule has 0 amide bonds. The summed E-state index contributed by atoms with van der Waals surface area (Å²) < 4.78 is 0. The summed E-state index contributed by atoms with van der Waals surface area (Å²) >= 11 is 0. The van der Waals surface area contributed by atoms with E-state index in [1.807, 2.05) is 6.20 Å². The van der Waals surface area contributed by atoms with Crippen LogP contribution in [-0.2, 0) is 0 Å². The predicted octanol–water partition coefficient (Wildman–Crippen LogP) is 3.88. The lowest BCUT2D eigenvalue weighted by atomic mass is 10.1. The second-order valence-corrected chi connectivity index (χ2v) is 4.10. The number of hydrogen-bond acceptors (Lipinski definition) is 1. The monoisotopic (exact) mass is 203 g/mol. The molecule has 16 heavy (non-hydrogen) atoms. The van der Waals surface area contributed by atoms with Crippen LogP contribution >= 0.6 is 0 Å². The molecule has 0 radical (unpaired) electrons. The van der Waals surface area contributed by atoms with E-state index in [0.717, 1.165) is 5.52 Å². The molecular weight excluding hydrogens is 194 g/mol. The molecule has 1 heteroatoms. The van der Waals surface area contributed by atoms with Crippen LogP contribution in [0.25, 0.3) is 33.2 Å². The second-order valence-electron chi connectivity index (χ2n) is 4.10. The summed E-state index contributed by atoms with van der Waals surface area (Å²) in [4.78, 5) is 4.43. The van der Waals surface area contributed by atoms with Crippen LogP contribution in [0.4, 0.5) is 0 Å². The molecule has 0 spiro atoms. The van der Waals surface area contributed by atoms with Gasteiger partial charge in [-0.25, -0.2) is 0 Å². The second kappa shape index (κ2) is 2.70. The van der Waals surface area contributed by atoms with Gasteiger partial charge in [0.25, 0.3) is 0 Å². The zero-order valence-electron chi connectivity index (χ0n) is 8.64. The number of rotatable bonds is 0. The third kappa shape index (κ3) is 0.836. The van der Waals surface area contributed by atoms with Gasteiger partial charge in [0.2, 0.25) is 0 Å². The molecule has 74 valence electrons. The van der Waals surface area contributed by atoms with Crippen molar-refractivity contribution in [1.29, 1.82) is 0 Å². The molecule has 0 saturated heterocycles. The lowest BCUT2D eigenvalue weighted by Crippen LogP contribution is -1.78. The molecule has 0 fully saturated rings. The van der Waals surface area contributed by atoms with Crippen molar-refractivity contribution in [1.82, 2.24) is 4.98 Å². The van der Waals surface area contributed by atoms with Crippen LogP contribution in [-0.4, -0.2) is 4.98 Å². The lowest BCUT2D eigenvalue weighted by Gasteiger charge is -1.99. The molecule has 0 saturated carbocycles. The zero-order chi connectivity index (χ0) is 10.5. The maximum Gasteiger partial charge on any atom is 0.0714 e. The first kappa shape index (κ1) is 8.05. The Labute approximate surface area is 93.4 Å². The Kier molecular flexibility index (Phi) is 1.36. The van der Waals surface area contributed by atoms with Gasteiger partial charge in [0, 0.05) is 11.6 Å². The Morgan fingerprint density at radius 1 is 0.625 bits per heavy atom. The van der Waals surface area contributed by atoms with E-state index in [4.69, 9.17) is 0 Å². The van der Waals surface area contributed by atoms with Gasteiger partial charge in [-0.15, -0.1) is 0 Å². The largest absolute Gasteiger partial charge is 0.256 e. The number of nitrogens with zero attached hydrogens (tertiary/aromatic N) is 1. The van der Waals surface area contributed by atoms with Crippen molar-refractivity contribution in [2.75, 3.05) is 0 Å². The third-order valence-corrected chi connectivity index (χ3v) is 3.27. The molecule has 1 nitrogen and oxygen atoms in total. The van der Waals surface area contributed by atoms with Crippen molar-refractivity contribution in [3.05, 3.63) is 54.7 Å². The SMILES string of the molecule is c1ccc2c(c1)-c1cccc3nccc-2c13. The standard InChI is InChI=1S/C15H9N/c1-2-5-11-10(4-1)12-6-3-7-14-15(12)13(11)8-9-16-14/h1-9H. The van der Waals surface area contributed by atoms with E-state index in [1.54, 1.807) is 0 Å². The van der Waals surface area contributed by atoms with Gasteiger partial charge < -0.3 is 0 Å². The quantitative estimate of drug-likeness (QED) is 0.422. The van der Waals surface area contributed by atoms with E-state index in [1.165, 1.54) is 27.6 Å². The summed E-state index contributed by atoms with van der Waals surface area (Å²) in [6.07, 6.45) is 1.89. The highest BCUT2D eigenvalue weighted by Gasteiger charge is 2.20. The zero-order valence-corrected chi connectivity index (χ0v) is 8.64. The first-order chi connectivity index (χ1) is 7.95. The number of pyridine rings is 1. The predicted molar refractivity (Wildman–Crippen MR) is 66.2 cm³/mol. The highest BCUT2D eigenvalue weighted by molar-refractivity contribution is 6.13. The van der Waals surface area contributed by atoms with Crippen molar-refractivity contribution in [3.8, 4) is 22.3 Å². The van der Waals surface area contributed by atoms with E-state index in [2.05, 4.69) is 53.5 Å². The minimum Gasteiger partial charge on any atom is -0.256 e. The molecule has 0 unspecified atom stereocenters. The van der Waals surface area contributed by atoms with Gasteiger partial charge in [0.15, 0.2) is 0 Å². The average Bonchev–Trinajstić information content (AvgIpc) is 2.68. The fourth-order valence-electron chi connectivity index (χ4n) is 2.61. The van der Waals surface area contributed by atoms with Crippen LogP contribution in [0.1, 0.15) is 0 Å². The molecule has 0 atom stereocenters. The van der Waals surface area contributed by atoms with E-state index in [0.29, 0.717) is 0 Å². The number of benzene rings is 2. The fraction of sp³-hybridized carbons (Fsp3) is 0. The Morgan fingerprint density at radius 2 is 1.31 bits per heavy atom. The molecule has 4 rings (SSSR count). The number of hydrogen-bond donors (Lipinski definition) is 0. The van der Waals surface area contributed by atoms with E-state index in [9.17, 15) is 0 Å². The van der Waals surface area contributed by atoms with Gasteiger partial charge >= 0.3 is 0 Å². The molecular formula is C15H9N. The van der Waals surface area contributed by atoms with E-state index >= 15 is 0 Å². The molecule has 1 heterocycles. The van der Waals surface area contributed by atoms with Gasteiger partial charge in [0.1, 0.15) is 0 Å². The molecule has 1 aliphatic carbocycles. The van der Waals surface area contributed by atoms with Gasteiger partial charge in [-0.05, 0) is 34.4 Å². The maximum atomic E-state index is 4.43. The summed E-state index contributed by atoms with van der Waals surface area (Å²) in [7, 11) is 0. The van der Waals surface area contributed by atoms with Gasteiger partial charge in [-0.3, -0.25) is 4.98 Å². The lowest BCUT2D eigenvalue weighted by molar-refractivity contribution is 1.42. The molecule has 1 aromatic heterocycles. The summed E-state index contributed by atoms with van der Waals surface area (Å²) in [5, 5.41) is 1.30. The Morgan fingerprint density at radius 3 is 2.12 bits per heavy atom. The highest BCUT2D eigenvalue weighted by Crippen LogP contribution is 2.45. The summed E-state index contributed by atoms with van der Waals surface area (Å²) in [6, 6.07) is 17.0. The molecule has 1 aliphatic rings. The normalized spacial score (nSPS) is 11.8. The Bertz CT molecular complexity index is 656. The molecule has 0 aliphatic heterocycles. The van der Waals surface area contributed by atoms with Crippen molar-refractivity contribution in [3.63, 3.8) is 0 Å². The summed E-state index contributed by atoms with van der Waals surface area (Å²) in [5.74, 6) is 0. The van der Waals surface area contributed by atoms with Crippen molar-refractivity contribution >= 4 is 10.9 Å². The van der Waals surface area contributed by atoms with Crippen LogP contribution in [0.5, 0.6) is 0 Å². The first-order valence-corrected chi connectivity index (χ1v) is 5.43. The maximum absolute atomic E-state index is 4.43. The Balaban J connectivity index is 2.31. The first-order valence-electron chi connectivity index (χ1n) is 5.43. The van der Waals surface area contributed by atoms with Crippen molar-refractivity contribution < 1.29 is 0 Å². The van der Waals surface area contributed by atoms with Crippen molar-refractivity contribution in [2.45, 2.75) is 0 Å². The Hall–Kier alpha value is -2.15. The van der Waals surface area contributed by atoms with Gasteiger partial charge in [-0.2, -0.15) is 0 Å². The topological polar surface area (TPSA) is 12.9 Å². The summed E-state index contributed by atoms with van der Waals surface area (Å²) in [6.45, 7) is 0. The number of fused-ring (bicyclic) bond motifs is 3. The summed E-state index contributed by atoms with van der Waals surface area (Å²) in [5.41, 5.74) is 6.38. The van der Waals surface area contributed by atoms with Crippen LogP contribution in [0.2, 0.25) is 0 Å². The van der Waals surface area contributed by atoms with E-state index in [-0.39, 0.29) is 0 Å². The average molecular weight is 203 g/mol. The van der Waals surface area contributed by atoms with Gasteiger partial charge in [0.05, 0.1) is 5.52 Å². The molecule has 0 N–H and O–H groups in total. The van der Waals surface area contributed by atoms with Crippen LogP contribution in [0, 0.1) is 0 Å². The smallest absolute Gasteiger partial charge is 0.0714 e. The fourth-order valence-corrected chi connectivity index (χ4v) is 2.61. The van der Waals surface area contributed by atoms with Gasteiger partial charge in [-0.1, -0.05) is 36.4 Å². The highest BCUT2D eigenvalue weighted by atomic mass is 14.6. The van der Waals surface area contributed by atoms with Crippen LogP contribution in [0.15, 0.2) is 54.7 Å². The number of aromatic nitrogens is 1. The molecule has 2 aromatic carbocycles. The minimum atomic E-state index is 1.09.